The van der Waals surface area contributed by atoms with Crippen molar-refractivity contribution in [1.82, 2.24) is 4.98 Å². The van der Waals surface area contributed by atoms with Crippen molar-refractivity contribution in [3.8, 4) is 22.4 Å². The average molecular weight is 397 g/mol. The third-order valence-corrected chi connectivity index (χ3v) is 5.62. The Kier molecular flexibility index (Phi) is 4.03. The first-order valence-corrected chi connectivity index (χ1v) is 10.1. The van der Waals surface area contributed by atoms with E-state index in [9.17, 15) is 9.59 Å². The smallest absolute Gasteiger partial charge is 0.247 e. The molecular weight excluding hydrogens is 374 g/mol. The van der Waals surface area contributed by atoms with Gasteiger partial charge in [0.2, 0.25) is 11.8 Å². The highest BCUT2D eigenvalue weighted by atomic mass is 16.2. The number of carbonyl (C=O) groups excluding carboxylic acids is 2. The molecule has 3 aromatic rings. The van der Waals surface area contributed by atoms with Crippen LogP contribution in [0.15, 0.2) is 60.8 Å². The quantitative estimate of drug-likeness (QED) is 0.613. The molecule has 30 heavy (non-hydrogen) atoms. The molecule has 5 rings (SSSR count). The van der Waals surface area contributed by atoms with Crippen molar-refractivity contribution in [1.29, 1.82) is 0 Å². The molecule has 1 aromatic heterocycles. The molecule has 0 saturated carbocycles. The minimum Gasteiger partial charge on any atom is -0.301 e. The van der Waals surface area contributed by atoms with Gasteiger partial charge in [-0.05, 0) is 40.8 Å². The number of benzene rings is 2. The molecule has 0 spiro atoms. The summed E-state index contributed by atoms with van der Waals surface area (Å²) in [6, 6.07) is 18.3. The Hall–Kier alpha value is -3.47. The zero-order valence-corrected chi connectivity index (χ0v) is 17.3. The lowest BCUT2D eigenvalue weighted by atomic mass is 9.83. The lowest BCUT2D eigenvalue weighted by Gasteiger charge is -2.22. The van der Waals surface area contributed by atoms with E-state index in [0.717, 1.165) is 33.8 Å². The fraction of sp³-hybridized carbons (Fsp3) is 0.240. The number of pyridine rings is 1. The summed E-state index contributed by atoms with van der Waals surface area (Å²) in [6.45, 7) is 7.47. The van der Waals surface area contributed by atoms with Crippen LogP contribution in [0.2, 0.25) is 0 Å². The van der Waals surface area contributed by atoms with Crippen molar-refractivity contribution in [2.75, 3.05) is 22.9 Å². The standard InChI is InChI=1S/C25H23N3O2/c1-25(2,3)21-7-5-4-6-20(21)22-9-8-16(13-26-22)17-10-18(27-14-23(27)29)12-19(11-17)28-15-24(28)30/h4-13H,14-15H2,1-3H3. The van der Waals surface area contributed by atoms with Gasteiger partial charge in [0.1, 0.15) is 13.1 Å². The van der Waals surface area contributed by atoms with Crippen LogP contribution in [0.3, 0.4) is 0 Å². The van der Waals surface area contributed by atoms with Gasteiger partial charge >= 0.3 is 0 Å². The molecule has 2 aromatic carbocycles. The van der Waals surface area contributed by atoms with E-state index in [1.165, 1.54) is 5.56 Å². The summed E-state index contributed by atoms with van der Waals surface area (Å²) in [5.74, 6) is 0.199. The van der Waals surface area contributed by atoms with Gasteiger partial charge in [-0.3, -0.25) is 14.6 Å². The summed E-state index contributed by atoms with van der Waals surface area (Å²) in [5, 5.41) is 0. The van der Waals surface area contributed by atoms with Crippen LogP contribution in [0.4, 0.5) is 11.4 Å². The third-order valence-electron chi connectivity index (χ3n) is 5.62. The van der Waals surface area contributed by atoms with Crippen LogP contribution in [-0.2, 0) is 15.0 Å². The van der Waals surface area contributed by atoms with Crippen LogP contribution in [0.25, 0.3) is 22.4 Å². The summed E-state index contributed by atoms with van der Waals surface area (Å²) in [5.41, 5.74) is 6.91. The van der Waals surface area contributed by atoms with E-state index in [0.29, 0.717) is 13.1 Å². The number of anilines is 2. The first-order chi connectivity index (χ1) is 14.3. The maximum absolute atomic E-state index is 11.6. The Balaban J connectivity index is 1.52. The van der Waals surface area contributed by atoms with Crippen LogP contribution in [0, 0.1) is 0 Å². The first kappa shape index (κ1) is 18.6. The molecule has 3 heterocycles. The van der Waals surface area contributed by atoms with Gasteiger partial charge in [0.15, 0.2) is 0 Å². The van der Waals surface area contributed by atoms with Gasteiger partial charge in [-0.25, -0.2) is 0 Å². The average Bonchev–Trinajstić information content (AvgIpc) is 3.65. The van der Waals surface area contributed by atoms with Crippen molar-refractivity contribution in [3.63, 3.8) is 0 Å². The van der Waals surface area contributed by atoms with Gasteiger partial charge < -0.3 is 9.80 Å². The van der Waals surface area contributed by atoms with Gasteiger partial charge in [0.05, 0.1) is 5.69 Å². The van der Waals surface area contributed by atoms with Crippen LogP contribution >= 0.6 is 0 Å². The van der Waals surface area contributed by atoms with E-state index in [1.807, 2.05) is 36.5 Å². The summed E-state index contributed by atoms with van der Waals surface area (Å²) >= 11 is 0. The molecule has 0 bridgehead atoms. The predicted octanol–water partition coefficient (Wildman–Crippen LogP) is 4.41. The lowest BCUT2D eigenvalue weighted by Crippen LogP contribution is -2.12. The molecule has 0 atom stereocenters. The number of amides is 2. The summed E-state index contributed by atoms with van der Waals surface area (Å²) < 4.78 is 0. The van der Waals surface area contributed by atoms with Gasteiger partial charge in [-0.2, -0.15) is 0 Å². The zero-order valence-electron chi connectivity index (χ0n) is 17.3. The monoisotopic (exact) mass is 397 g/mol. The number of rotatable bonds is 4. The van der Waals surface area contributed by atoms with Crippen LogP contribution in [0.5, 0.6) is 0 Å². The second-order valence-electron chi connectivity index (χ2n) is 8.93. The molecule has 5 nitrogen and oxygen atoms in total. The lowest BCUT2D eigenvalue weighted by molar-refractivity contribution is -0.110. The van der Waals surface area contributed by atoms with E-state index in [-0.39, 0.29) is 17.2 Å². The van der Waals surface area contributed by atoms with E-state index in [4.69, 9.17) is 4.98 Å². The molecule has 2 amide bonds. The third kappa shape index (κ3) is 3.36. The molecule has 0 unspecified atom stereocenters. The summed E-state index contributed by atoms with van der Waals surface area (Å²) in [4.78, 5) is 31.5. The van der Waals surface area contributed by atoms with Gasteiger partial charge in [-0.1, -0.05) is 51.1 Å². The van der Waals surface area contributed by atoms with Crippen LogP contribution in [-0.4, -0.2) is 29.9 Å². The number of nitrogens with zero attached hydrogens (tertiary/aromatic N) is 3. The Morgan fingerprint density at radius 3 is 1.90 bits per heavy atom. The second kappa shape index (κ2) is 6.52. The number of hydrogen-bond donors (Lipinski definition) is 0. The van der Waals surface area contributed by atoms with Crippen molar-refractivity contribution in [2.24, 2.45) is 0 Å². The van der Waals surface area contributed by atoms with Crippen LogP contribution in [0.1, 0.15) is 26.3 Å². The molecule has 2 aliphatic rings. The largest absolute Gasteiger partial charge is 0.301 e. The molecule has 0 aliphatic carbocycles. The Labute approximate surface area is 176 Å². The van der Waals surface area contributed by atoms with E-state index in [1.54, 1.807) is 9.80 Å². The highest BCUT2D eigenvalue weighted by molar-refractivity contribution is 6.15. The first-order valence-electron chi connectivity index (χ1n) is 10.1. The van der Waals surface area contributed by atoms with Gasteiger partial charge in [-0.15, -0.1) is 0 Å². The maximum atomic E-state index is 11.6. The van der Waals surface area contributed by atoms with Gasteiger partial charge in [0.25, 0.3) is 0 Å². The topological polar surface area (TPSA) is 53.0 Å². The van der Waals surface area contributed by atoms with Crippen molar-refractivity contribution in [3.05, 3.63) is 66.4 Å². The normalized spacial score (nSPS) is 15.6. The van der Waals surface area contributed by atoms with Crippen molar-refractivity contribution >= 4 is 23.2 Å². The number of carbonyl (C=O) groups is 2. The van der Waals surface area contributed by atoms with Crippen molar-refractivity contribution in [2.45, 2.75) is 26.2 Å². The maximum Gasteiger partial charge on any atom is 0.247 e. The number of hydrogen-bond acceptors (Lipinski definition) is 3. The highest BCUT2D eigenvalue weighted by Crippen LogP contribution is 2.37. The fourth-order valence-corrected chi connectivity index (χ4v) is 3.83. The SMILES string of the molecule is CC(C)(C)c1ccccc1-c1ccc(-c2cc(N3CC3=O)cc(N3CC3=O)c2)cn1. The molecule has 2 saturated heterocycles. The number of aromatic nitrogens is 1. The Morgan fingerprint density at radius 2 is 1.40 bits per heavy atom. The van der Waals surface area contributed by atoms with E-state index in [2.05, 4.69) is 45.0 Å². The van der Waals surface area contributed by atoms with E-state index >= 15 is 0 Å². The molecule has 2 aliphatic heterocycles. The Bertz CT molecular complexity index is 1140. The minimum atomic E-state index is 0.0245. The predicted molar refractivity (Wildman–Crippen MR) is 119 cm³/mol. The molecule has 0 N–H and O–H groups in total. The minimum absolute atomic E-state index is 0.0245. The van der Waals surface area contributed by atoms with Crippen LogP contribution < -0.4 is 9.80 Å². The van der Waals surface area contributed by atoms with Crippen molar-refractivity contribution < 1.29 is 9.59 Å². The second-order valence-corrected chi connectivity index (χ2v) is 8.93. The highest BCUT2D eigenvalue weighted by Gasteiger charge is 2.35. The molecule has 5 heteroatoms. The molecule has 150 valence electrons. The molecule has 2 fully saturated rings. The fourth-order valence-electron chi connectivity index (χ4n) is 3.83. The zero-order chi connectivity index (χ0) is 21.0. The van der Waals surface area contributed by atoms with Gasteiger partial charge in [0, 0.05) is 28.7 Å². The summed E-state index contributed by atoms with van der Waals surface area (Å²) in [6.07, 6.45) is 1.87. The van der Waals surface area contributed by atoms with E-state index < -0.39 is 0 Å². The molecular formula is C25H23N3O2. The molecule has 0 radical (unpaired) electrons. The Morgan fingerprint density at radius 1 is 0.800 bits per heavy atom. The summed E-state index contributed by atoms with van der Waals surface area (Å²) in [7, 11) is 0.